The van der Waals surface area contributed by atoms with Crippen LogP contribution in [0.4, 0.5) is 15.8 Å². The lowest BCUT2D eigenvalue weighted by Gasteiger charge is -2.44. The molecule has 1 aliphatic heterocycles. The summed E-state index contributed by atoms with van der Waals surface area (Å²) in [5, 5.41) is 5.90. The fourth-order valence-electron chi connectivity index (χ4n) is 2.19. The zero-order chi connectivity index (χ0) is 11.3. The number of anilines is 2. The van der Waals surface area contributed by atoms with Gasteiger partial charge in [0.05, 0.1) is 16.4 Å². The third-order valence-electron chi connectivity index (χ3n) is 3.32. The third kappa shape index (κ3) is 1.23. The Kier molecular flexibility index (Phi) is 1.92. The lowest BCUT2D eigenvalue weighted by atomic mass is 9.74. The SMILES string of the molecule is O=C1Nc2cc(Cl)c(F)cc2NC12CCC2. The Labute approximate surface area is 97.0 Å². The number of benzene rings is 1. The van der Waals surface area contributed by atoms with E-state index in [1.165, 1.54) is 12.1 Å². The third-order valence-corrected chi connectivity index (χ3v) is 3.61. The molecule has 16 heavy (non-hydrogen) atoms. The van der Waals surface area contributed by atoms with Crippen LogP contribution in [0.25, 0.3) is 0 Å². The second-order valence-electron chi connectivity index (χ2n) is 4.33. The predicted molar refractivity (Wildman–Crippen MR) is 60.2 cm³/mol. The fourth-order valence-corrected chi connectivity index (χ4v) is 2.36. The van der Waals surface area contributed by atoms with E-state index in [9.17, 15) is 9.18 Å². The van der Waals surface area contributed by atoms with Crippen LogP contribution in [0.2, 0.25) is 5.02 Å². The molecule has 1 spiro atoms. The zero-order valence-corrected chi connectivity index (χ0v) is 9.20. The van der Waals surface area contributed by atoms with Crippen molar-refractivity contribution in [3.8, 4) is 0 Å². The van der Waals surface area contributed by atoms with E-state index in [2.05, 4.69) is 10.6 Å². The quantitative estimate of drug-likeness (QED) is 0.732. The summed E-state index contributed by atoms with van der Waals surface area (Å²) in [4.78, 5) is 11.8. The molecule has 1 aliphatic carbocycles. The topological polar surface area (TPSA) is 41.1 Å². The van der Waals surface area contributed by atoms with Gasteiger partial charge in [0.25, 0.3) is 0 Å². The summed E-state index contributed by atoms with van der Waals surface area (Å²) in [6, 6.07) is 2.76. The highest BCUT2D eigenvalue weighted by Crippen LogP contribution is 2.42. The number of fused-ring (bicyclic) bond motifs is 1. The summed E-state index contributed by atoms with van der Waals surface area (Å²) < 4.78 is 13.3. The maximum Gasteiger partial charge on any atom is 0.250 e. The molecule has 1 amide bonds. The molecule has 1 saturated carbocycles. The van der Waals surface area contributed by atoms with E-state index >= 15 is 0 Å². The van der Waals surface area contributed by atoms with Gasteiger partial charge >= 0.3 is 0 Å². The maximum absolute atomic E-state index is 13.3. The Hall–Kier alpha value is -1.29. The molecule has 84 valence electrons. The van der Waals surface area contributed by atoms with Crippen molar-refractivity contribution in [3.63, 3.8) is 0 Å². The molecule has 2 aliphatic rings. The van der Waals surface area contributed by atoms with Gasteiger partial charge in [-0.2, -0.15) is 0 Å². The van der Waals surface area contributed by atoms with Gasteiger partial charge in [-0.15, -0.1) is 0 Å². The largest absolute Gasteiger partial charge is 0.369 e. The van der Waals surface area contributed by atoms with Crippen LogP contribution in [-0.4, -0.2) is 11.4 Å². The highest BCUT2D eigenvalue weighted by molar-refractivity contribution is 6.31. The molecule has 5 heteroatoms. The van der Waals surface area contributed by atoms with Gasteiger partial charge in [-0.05, 0) is 25.3 Å². The number of halogens is 2. The number of nitrogens with one attached hydrogen (secondary N) is 2. The summed E-state index contributed by atoms with van der Waals surface area (Å²) >= 11 is 5.66. The first-order valence-electron chi connectivity index (χ1n) is 5.19. The van der Waals surface area contributed by atoms with E-state index in [1.54, 1.807) is 0 Å². The second kappa shape index (κ2) is 3.10. The molecule has 0 atom stereocenters. The van der Waals surface area contributed by atoms with Crippen LogP contribution < -0.4 is 10.6 Å². The molecule has 0 unspecified atom stereocenters. The number of amides is 1. The van der Waals surface area contributed by atoms with Crippen molar-refractivity contribution in [1.82, 2.24) is 0 Å². The summed E-state index contributed by atoms with van der Waals surface area (Å²) in [5.74, 6) is -0.521. The van der Waals surface area contributed by atoms with E-state index < -0.39 is 11.4 Å². The van der Waals surface area contributed by atoms with Gasteiger partial charge in [0, 0.05) is 6.07 Å². The molecule has 1 aromatic rings. The van der Waals surface area contributed by atoms with Crippen molar-refractivity contribution in [2.45, 2.75) is 24.8 Å². The number of carbonyl (C=O) groups excluding carboxylic acids is 1. The van der Waals surface area contributed by atoms with Crippen molar-refractivity contribution < 1.29 is 9.18 Å². The Morgan fingerprint density at radius 3 is 2.69 bits per heavy atom. The Morgan fingerprint density at radius 1 is 1.31 bits per heavy atom. The average molecular weight is 241 g/mol. The molecule has 3 nitrogen and oxygen atoms in total. The minimum Gasteiger partial charge on any atom is -0.369 e. The van der Waals surface area contributed by atoms with Crippen LogP contribution in [0.1, 0.15) is 19.3 Å². The molecule has 1 fully saturated rings. The maximum atomic E-state index is 13.3. The average Bonchev–Trinajstić information content (AvgIpc) is 2.17. The van der Waals surface area contributed by atoms with Crippen LogP contribution in [0, 0.1) is 5.82 Å². The monoisotopic (exact) mass is 240 g/mol. The Bertz CT molecular complexity index is 485. The molecule has 1 heterocycles. The first-order chi connectivity index (χ1) is 7.61. The first kappa shape index (κ1) is 9.90. The van der Waals surface area contributed by atoms with Crippen molar-refractivity contribution >= 4 is 28.9 Å². The summed E-state index contributed by atoms with van der Waals surface area (Å²) in [6.07, 6.45) is 2.61. The highest BCUT2D eigenvalue weighted by atomic mass is 35.5. The van der Waals surface area contributed by atoms with Gasteiger partial charge in [-0.3, -0.25) is 4.79 Å². The van der Waals surface area contributed by atoms with Gasteiger partial charge in [-0.1, -0.05) is 11.6 Å². The molecule has 0 aromatic heterocycles. The number of hydrogen-bond acceptors (Lipinski definition) is 2. The van der Waals surface area contributed by atoms with Crippen LogP contribution >= 0.6 is 11.6 Å². The van der Waals surface area contributed by atoms with E-state index in [1.807, 2.05) is 0 Å². The fraction of sp³-hybridized carbons (Fsp3) is 0.364. The smallest absolute Gasteiger partial charge is 0.250 e. The molecule has 0 saturated heterocycles. The van der Waals surface area contributed by atoms with E-state index in [0.717, 1.165) is 19.3 Å². The van der Waals surface area contributed by atoms with E-state index in [4.69, 9.17) is 11.6 Å². The van der Waals surface area contributed by atoms with Crippen LogP contribution in [0.5, 0.6) is 0 Å². The minimum atomic E-state index is -0.521. The van der Waals surface area contributed by atoms with Crippen molar-refractivity contribution in [2.24, 2.45) is 0 Å². The standard InChI is InChI=1S/C11H10ClFN2O/c12-6-4-8-9(5-7(6)13)15-11(2-1-3-11)10(16)14-8/h4-5,15H,1-3H2,(H,14,16). The van der Waals surface area contributed by atoms with Crippen LogP contribution in [0.3, 0.4) is 0 Å². The van der Waals surface area contributed by atoms with Crippen molar-refractivity contribution in [2.75, 3.05) is 10.6 Å². The van der Waals surface area contributed by atoms with Gasteiger partial charge in [0.2, 0.25) is 5.91 Å². The Morgan fingerprint density at radius 2 is 2.06 bits per heavy atom. The normalized spacial score (nSPS) is 20.8. The van der Waals surface area contributed by atoms with Crippen LogP contribution in [-0.2, 0) is 4.79 Å². The van der Waals surface area contributed by atoms with Gasteiger partial charge in [0.1, 0.15) is 11.4 Å². The van der Waals surface area contributed by atoms with Gasteiger partial charge in [0.15, 0.2) is 0 Å². The zero-order valence-electron chi connectivity index (χ0n) is 8.44. The molecular formula is C11H10ClFN2O. The first-order valence-corrected chi connectivity index (χ1v) is 5.57. The lowest BCUT2D eigenvalue weighted by molar-refractivity contribution is -0.123. The molecular weight excluding hydrogens is 231 g/mol. The summed E-state index contributed by atoms with van der Waals surface area (Å²) in [6.45, 7) is 0. The van der Waals surface area contributed by atoms with E-state index in [0.29, 0.717) is 11.4 Å². The molecule has 1 aromatic carbocycles. The predicted octanol–water partition coefficient (Wildman–Crippen LogP) is 2.77. The van der Waals surface area contributed by atoms with E-state index in [-0.39, 0.29) is 10.9 Å². The highest BCUT2D eigenvalue weighted by Gasteiger charge is 2.47. The summed E-state index contributed by atoms with van der Waals surface area (Å²) in [7, 11) is 0. The van der Waals surface area contributed by atoms with Gasteiger partial charge < -0.3 is 10.6 Å². The summed E-state index contributed by atoms with van der Waals surface area (Å²) in [5.41, 5.74) is 0.642. The van der Waals surface area contributed by atoms with Crippen LogP contribution in [0.15, 0.2) is 12.1 Å². The number of carbonyl (C=O) groups is 1. The molecule has 0 radical (unpaired) electrons. The number of hydrogen-bond donors (Lipinski definition) is 2. The van der Waals surface area contributed by atoms with Crippen molar-refractivity contribution in [3.05, 3.63) is 23.0 Å². The minimum absolute atomic E-state index is 0.0189. The number of rotatable bonds is 0. The second-order valence-corrected chi connectivity index (χ2v) is 4.73. The van der Waals surface area contributed by atoms with Crippen molar-refractivity contribution in [1.29, 1.82) is 0 Å². The Balaban J connectivity index is 2.05. The molecule has 3 rings (SSSR count). The molecule has 0 bridgehead atoms. The molecule has 2 N–H and O–H groups in total. The lowest BCUT2D eigenvalue weighted by Crippen LogP contribution is -2.57. The van der Waals surface area contributed by atoms with Gasteiger partial charge in [-0.25, -0.2) is 4.39 Å².